The van der Waals surface area contributed by atoms with Crippen molar-refractivity contribution in [2.24, 2.45) is 5.92 Å². The maximum atomic E-state index is 12.4. The number of nitrogens with zero attached hydrogens (tertiary/aromatic N) is 2. The number of amides is 2. The molecule has 0 atom stereocenters. The number of hydrogen-bond donors (Lipinski definition) is 2. The van der Waals surface area contributed by atoms with Gasteiger partial charge in [0.15, 0.2) is 0 Å². The van der Waals surface area contributed by atoms with Crippen molar-refractivity contribution in [1.82, 2.24) is 15.1 Å². The molecular weight excluding hydrogens is 364 g/mol. The van der Waals surface area contributed by atoms with E-state index in [4.69, 9.17) is 0 Å². The van der Waals surface area contributed by atoms with Crippen LogP contribution in [0.4, 0.5) is 5.69 Å². The monoisotopic (exact) mass is 400 g/mol. The van der Waals surface area contributed by atoms with Crippen LogP contribution in [-0.4, -0.2) is 66.9 Å². The predicted octanol–water partition coefficient (Wildman–Crippen LogP) is 2.50. The first-order chi connectivity index (χ1) is 14.0. The van der Waals surface area contributed by atoms with Gasteiger partial charge in [-0.2, -0.15) is 0 Å². The molecule has 1 aromatic rings. The summed E-state index contributed by atoms with van der Waals surface area (Å²) in [6.07, 6.45) is 5.55. The molecule has 1 saturated heterocycles. The van der Waals surface area contributed by atoms with E-state index in [1.807, 2.05) is 24.3 Å². The van der Waals surface area contributed by atoms with Gasteiger partial charge in [0.25, 0.3) is 0 Å². The molecule has 1 aliphatic heterocycles. The topological polar surface area (TPSA) is 64.7 Å². The molecule has 3 rings (SSSR count). The molecule has 160 valence electrons. The van der Waals surface area contributed by atoms with E-state index >= 15 is 0 Å². The largest absolute Gasteiger partial charge is 0.352 e. The van der Waals surface area contributed by atoms with Crippen molar-refractivity contribution in [2.75, 3.05) is 44.6 Å². The summed E-state index contributed by atoms with van der Waals surface area (Å²) < 4.78 is 0. The molecule has 1 aromatic carbocycles. The lowest BCUT2D eigenvalue weighted by atomic mass is 9.87. The maximum absolute atomic E-state index is 12.4. The number of carbonyl (C=O) groups excluding carboxylic acids is 2. The van der Waals surface area contributed by atoms with Gasteiger partial charge in [-0.15, -0.1) is 0 Å². The second kappa shape index (κ2) is 10.7. The second-order valence-corrected chi connectivity index (χ2v) is 8.64. The minimum Gasteiger partial charge on any atom is -0.352 e. The van der Waals surface area contributed by atoms with Crippen LogP contribution >= 0.6 is 0 Å². The summed E-state index contributed by atoms with van der Waals surface area (Å²) in [7, 11) is 0. The molecule has 2 amide bonds. The van der Waals surface area contributed by atoms with Gasteiger partial charge in [-0.3, -0.25) is 19.4 Å². The molecule has 1 saturated carbocycles. The van der Waals surface area contributed by atoms with E-state index in [0.717, 1.165) is 62.6 Å². The number of anilines is 1. The molecule has 2 fully saturated rings. The zero-order chi connectivity index (χ0) is 20.6. The quantitative estimate of drug-likeness (QED) is 0.738. The molecule has 2 N–H and O–H groups in total. The van der Waals surface area contributed by atoms with Gasteiger partial charge in [0.1, 0.15) is 0 Å². The maximum Gasteiger partial charge on any atom is 0.238 e. The summed E-state index contributed by atoms with van der Waals surface area (Å²) in [5.74, 6) is 0.972. The number of carbonyl (C=O) groups is 2. The first kappa shape index (κ1) is 21.8. The smallest absolute Gasteiger partial charge is 0.238 e. The molecule has 1 aliphatic carbocycles. The Kier molecular flexibility index (Phi) is 8.07. The van der Waals surface area contributed by atoms with Crippen LogP contribution in [0.5, 0.6) is 0 Å². The molecule has 2 aliphatic rings. The van der Waals surface area contributed by atoms with E-state index in [1.165, 1.54) is 12.8 Å². The highest BCUT2D eigenvalue weighted by molar-refractivity contribution is 5.93. The first-order valence-electron chi connectivity index (χ1n) is 11.1. The lowest BCUT2D eigenvalue weighted by molar-refractivity contribution is -0.124. The van der Waals surface area contributed by atoms with Gasteiger partial charge in [-0.25, -0.2) is 0 Å². The third kappa shape index (κ3) is 6.82. The van der Waals surface area contributed by atoms with Gasteiger partial charge in [0.05, 0.1) is 13.1 Å². The molecule has 0 radical (unpaired) electrons. The molecule has 0 spiro atoms. The molecule has 6 nitrogen and oxygen atoms in total. The average Bonchev–Trinajstić information content (AvgIpc) is 2.71. The van der Waals surface area contributed by atoms with Crippen molar-refractivity contribution in [3.63, 3.8) is 0 Å². The van der Waals surface area contributed by atoms with Gasteiger partial charge < -0.3 is 10.6 Å². The minimum atomic E-state index is 0.0311. The number of benzene rings is 1. The summed E-state index contributed by atoms with van der Waals surface area (Å²) in [6.45, 7) is 8.54. The second-order valence-electron chi connectivity index (χ2n) is 8.64. The SMILES string of the molecule is CCc1ccccc1NC(=O)CN1CCN(CC(=O)NC2CCC(C)CC2)CC1. The zero-order valence-corrected chi connectivity index (χ0v) is 18.0. The van der Waals surface area contributed by atoms with Crippen molar-refractivity contribution in [3.8, 4) is 0 Å². The Hall–Kier alpha value is -1.92. The standard InChI is InChI=1S/C23H36N4O2/c1-3-19-6-4-5-7-21(19)25-23(29)17-27-14-12-26(13-15-27)16-22(28)24-20-10-8-18(2)9-11-20/h4-7,18,20H,3,8-17H2,1-2H3,(H,24,28)(H,25,29). The highest BCUT2D eigenvalue weighted by Crippen LogP contribution is 2.23. The Bertz CT molecular complexity index is 677. The van der Waals surface area contributed by atoms with Gasteiger partial charge in [0.2, 0.25) is 11.8 Å². The van der Waals surface area contributed by atoms with Gasteiger partial charge >= 0.3 is 0 Å². The fourth-order valence-electron chi connectivity index (χ4n) is 4.33. The number of piperazine rings is 1. The lowest BCUT2D eigenvalue weighted by Gasteiger charge is -2.34. The average molecular weight is 401 g/mol. The summed E-state index contributed by atoms with van der Waals surface area (Å²) in [6, 6.07) is 8.31. The predicted molar refractivity (Wildman–Crippen MR) is 117 cm³/mol. The van der Waals surface area contributed by atoms with Crippen LogP contribution in [0, 0.1) is 5.92 Å². The van der Waals surface area contributed by atoms with Crippen molar-refractivity contribution in [1.29, 1.82) is 0 Å². The van der Waals surface area contributed by atoms with E-state index in [1.54, 1.807) is 0 Å². The van der Waals surface area contributed by atoms with Crippen LogP contribution in [0.1, 0.15) is 45.1 Å². The van der Waals surface area contributed by atoms with E-state index in [9.17, 15) is 9.59 Å². The summed E-state index contributed by atoms with van der Waals surface area (Å²) >= 11 is 0. The normalized spacial score (nSPS) is 23.5. The van der Waals surface area contributed by atoms with E-state index in [0.29, 0.717) is 19.1 Å². The van der Waals surface area contributed by atoms with Crippen LogP contribution in [0.25, 0.3) is 0 Å². The van der Waals surface area contributed by atoms with Crippen LogP contribution in [-0.2, 0) is 16.0 Å². The molecule has 6 heteroatoms. The zero-order valence-electron chi connectivity index (χ0n) is 18.0. The van der Waals surface area contributed by atoms with Crippen molar-refractivity contribution in [3.05, 3.63) is 29.8 Å². The molecule has 0 aromatic heterocycles. The van der Waals surface area contributed by atoms with Gasteiger partial charge in [-0.1, -0.05) is 32.0 Å². The van der Waals surface area contributed by atoms with Crippen molar-refractivity contribution < 1.29 is 9.59 Å². The summed E-state index contributed by atoms with van der Waals surface area (Å²) in [5.41, 5.74) is 2.07. The van der Waals surface area contributed by atoms with Crippen molar-refractivity contribution in [2.45, 2.75) is 52.0 Å². The number of para-hydroxylation sites is 1. The van der Waals surface area contributed by atoms with E-state index in [-0.39, 0.29) is 11.8 Å². The fraction of sp³-hybridized carbons (Fsp3) is 0.652. The van der Waals surface area contributed by atoms with Gasteiger partial charge in [-0.05, 0) is 49.7 Å². The summed E-state index contributed by atoms with van der Waals surface area (Å²) in [5, 5.41) is 6.25. The molecule has 0 unspecified atom stereocenters. The molecule has 1 heterocycles. The Morgan fingerprint density at radius 2 is 1.52 bits per heavy atom. The minimum absolute atomic E-state index is 0.0311. The number of aryl methyl sites for hydroxylation is 1. The fourth-order valence-corrected chi connectivity index (χ4v) is 4.33. The van der Waals surface area contributed by atoms with Crippen LogP contribution < -0.4 is 10.6 Å². The number of rotatable bonds is 7. The third-order valence-electron chi connectivity index (χ3n) is 6.25. The Labute approximate surface area is 175 Å². The van der Waals surface area contributed by atoms with E-state index < -0.39 is 0 Å². The Balaban J connectivity index is 1.35. The Morgan fingerprint density at radius 3 is 2.14 bits per heavy atom. The number of nitrogens with one attached hydrogen (secondary N) is 2. The first-order valence-corrected chi connectivity index (χ1v) is 11.1. The lowest BCUT2D eigenvalue weighted by Crippen LogP contribution is -2.52. The van der Waals surface area contributed by atoms with E-state index in [2.05, 4.69) is 34.3 Å². The number of hydrogen-bond acceptors (Lipinski definition) is 4. The third-order valence-corrected chi connectivity index (χ3v) is 6.25. The highest BCUT2D eigenvalue weighted by atomic mass is 16.2. The molecule has 29 heavy (non-hydrogen) atoms. The molecule has 0 bridgehead atoms. The van der Waals surface area contributed by atoms with Gasteiger partial charge in [0, 0.05) is 37.9 Å². The van der Waals surface area contributed by atoms with Crippen LogP contribution in [0.15, 0.2) is 24.3 Å². The van der Waals surface area contributed by atoms with Crippen molar-refractivity contribution >= 4 is 17.5 Å². The summed E-state index contributed by atoms with van der Waals surface area (Å²) in [4.78, 5) is 29.1. The molecular formula is C23H36N4O2. The highest BCUT2D eigenvalue weighted by Gasteiger charge is 2.23. The van der Waals surface area contributed by atoms with Crippen LogP contribution in [0.3, 0.4) is 0 Å². The Morgan fingerprint density at radius 1 is 0.931 bits per heavy atom. The van der Waals surface area contributed by atoms with Crippen LogP contribution in [0.2, 0.25) is 0 Å².